The Labute approximate surface area is 69.7 Å². The predicted octanol–water partition coefficient (Wildman–Crippen LogP) is 2.05. The molecule has 0 amide bonds. The van der Waals surface area contributed by atoms with E-state index in [9.17, 15) is 5.11 Å². The first-order valence-corrected chi connectivity index (χ1v) is 3.60. The molecule has 2 aromatic carbocycles. The Hall–Kier alpha value is -1.70. The number of hydrogen-bond acceptors (Lipinski definition) is 2. The van der Waals surface area contributed by atoms with Crippen LogP contribution < -0.4 is 0 Å². The van der Waals surface area contributed by atoms with E-state index in [0.717, 1.165) is 5.39 Å². The molecule has 0 aliphatic rings. The highest BCUT2D eigenvalue weighted by Gasteiger charge is 1.98. The Bertz CT molecular complexity index is 421. The van der Waals surface area contributed by atoms with E-state index in [2.05, 4.69) is 6.07 Å². The number of phenolic OH excluding ortho intramolecular Hbond substituents is 2. The Morgan fingerprint density at radius 3 is 2.83 bits per heavy atom. The Morgan fingerprint density at radius 2 is 2.00 bits per heavy atom. The first-order valence-electron chi connectivity index (χ1n) is 3.60. The number of fused-ring (bicyclic) bond motifs is 1. The summed E-state index contributed by atoms with van der Waals surface area (Å²) in [6.07, 6.45) is 0. The second-order valence-electron chi connectivity index (χ2n) is 2.60. The smallest absolute Gasteiger partial charge is 0.123 e. The Kier molecular flexibility index (Phi) is 1.40. The van der Waals surface area contributed by atoms with Crippen LogP contribution >= 0.6 is 0 Å². The van der Waals surface area contributed by atoms with Crippen LogP contribution in [0.2, 0.25) is 0 Å². The van der Waals surface area contributed by atoms with Crippen LogP contribution in [0.15, 0.2) is 30.3 Å². The number of hydrogen-bond donors (Lipinski definition) is 2. The third-order valence-corrected chi connectivity index (χ3v) is 1.75. The highest BCUT2D eigenvalue weighted by molar-refractivity contribution is 5.88. The van der Waals surface area contributed by atoms with Crippen LogP contribution in [0, 0.1) is 6.07 Å². The lowest BCUT2D eigenvalue weighted by Crippen LogP contribution is -1.73. The molecule has 0 atom stereocenters. The second-order valence-corrected chi connectivity index (χ2v) is 2.60. The van der Waals surface area contributed by atoms with E-state index in [1.54, 1.807) is 12.1 Å². The average Bonchev–Trinajstić information content (AvgIpc) is 2.07. The minimum Gasteiger partial charge on any atom is -0.508 e. The third kappa shape index (κ3) is 0.975. The zero-order valence-electron chi connectivity index (χ0n) is 6.28. The van der Waals surface area contributed by atoms with Gasteiger partial charge in [-0.3, -0.25) is 0 Å². The molecule has 2 heteroatoms. The van der Waals surface area contributed by atoms with Crippen molar-refractivity contribution in [1.29, 1.82) is 0 Å². The Balaban J connectivity index is 2.88. The van der Waals surface area contributed by atoms with E-state index < -0.39 is 0 Å². The molecule has 0 heterocycles. The van der Waals surface area contributed by atoms with Crippen LogP contribution in [-0.2, 0) is 0 Å². The van der Waals surface area contributed by atoms with Gasteiger partial charge >= 0.3 is 0 Å². The molecule has 0 aromatic heterocycles. The van der Waals surface area contributed by atoms with E-state index in [0.29, 0.717) is 5.39 Å². The van der Waals surface area contributed by atoms with Crippen molar-refractivity contribution in [1.82, 2.24) is 0 Å². The average molecular weight is 159 g/mol. The molecular formula is C10H7O2. The molecular weight excluding hydrogens is 152 g/mol. The maximum absolute atomic E-state index is 9.36. The number of benzene rings is 2. The van der Waals surface area contributed by atoms with E-state index in [1.807, 2.05) is 6.07 Å². The molecule has 0 bridgehead atoms. The molecule has 0 fully saturated rings. The molecule has 59 valence electrons. The highest BCUT2D eigenvalue weighted by Crippen LogP contribution is 2.26. The van der Waals surface area contributed by atoms with E-state index in [4.69, 9.17) is 5.11 Å². The van der Waals surface area contributed by atoms with Crippen molar-refractivity contribution in [3.63, 3.8) is 0 Å². The van der Waals surface area contributed by atoms with E-state index in [-0.39, 0.29) is 11.5 Å². The topological polar surface area (TPSA) is 40.5 Å². The van der Waals surface area contributed by atoms with Crippen LogP contribution in [0.25, 0.3) is 10.8 Å². The molecule has 0 saturated carbocycles. The molecule has 0 spiro atoms. The number of rotatable bonds is 0. The Morgan fingerprint density at radius 1 is 1.17 bits per heavy atom. The van der Waals surface area contributed by atoms with Crippen LogP contribution in [0.4, 0.5) is 0 Å². The SMILES string of the molecule is Oc1c[c]c2cccc(O)c2c1. The molecule has 0 aliphatic carbocycles. The first kappa shape index (κ1) is 6.98. The van der Waals surface area contributed by atoms with Crippen LogP contribution in [0.5, 0.6) is 11.5 Å². The van der Waals surface area contributed by atoms with Crippen molar-refractivity contribution in [3.8, 4) is 11.5 Å². The van der Waals surface area contributed by atoms with Gasteiger partial charge in [0.1, 0.15) is 11.5 Å². The van der Waals surface area contributed by atoms with Gasteiger partial charge in [-0.05, 0) is 29.7 Å². The van der Waals surface area contributed by atoms with Crippen molar-refractivity contribution in [2.75, 3.05) is 0 Å². The first-order chi connectivity index (χ1) is 5.77. The zero-order valence-corrected chi connectivity index (χ0v) is 6.28. The van der Waals surface area contributed by atoms with Gasteiger partial charge in [0, 0.05) is 5.39 Å². The van der Waals surface area contributed by atoms with Gasteiger partial charge in [0.25, 0.3) is 0 Å². The van der Waals surface area contributed by atoms with E-state index >= 15 is 0 Å². The van der Waals surface area contributed by atoms with E-state index in [1.165, 1.54) is 12.1 Å². The summed E-state index contributed by atoms with van der Waals surface area (Å²) in [7, 11) is 0. The summed E-state index contributed by atoms with van der Waals surface area (Å²) in [6.45, 7) is 0. The largest absolute Gasteiger partial charge is 0.508 e. The maximum atomic E-state index is 9.36. The summed E-state index contributed by atoms with van der Waals surface area (Å²) < 4.78 is 0. The lowest BCUT2D eigenvalue weighted by atomic mass is 10.1. The molecule has 0 unspecified atom stereocenters. The van der Waals surface area contributed by atoms with Gasteiger partial charge < -0.3 is 10.2 Å². The fraction of sp³-hybridized carbons (Fsp3) is 0. The zero-order chi connectivity index (χ0) is 8.55. The van der Waals surface area contributed by atoms with Crippen molar-refractivity contribution >= 4 is 10.8 Å². The lowest BCUT2D eigenvalue weighted by molar-refractivity contribution is 0.471. The van der Waals surface area contributed by atoms with Crippen LogP contribution in [-0.4, -0.2) is 10.2 Å². The normalized spacial score (nSPS) is 10.3. The van der Waals surface area contributed by atoms with Gasteiger partial charge in [-0.15, -0.1) is 0 Å². The monoisotopic (exact) mass is 159 g/mol. The molecule has 2 aromatic rings. The molecule has 0 saturated heterocycles. The summed E-state index contributed by atoms with van der Waals surface area (Å²) in [5.74, 6) is 0.281. The van der Waals surface area contributed by atoms with Crippen LogP contribution in [0.3, 0.4) is 0 Å². The minimum atomic E-state index is 0.115. The summed E-state index contributed by atoms with van der Waals surface area (Å²) in [5.41, 5.74) is 0. The van der Waals surface area contributed by atoms with Crippen molar-refractivity contribution < 1.29 is 10.2 Å². The second kappa shape index (κ2) is 2.41. The molecule has 1 radical (unpaired) electrons. The third-order valence-electron chi connectivity index (χ3n) is 1.75. The van der Waals surface area contributed by atoms with Gasteiger partial charge in [0.2, 0.25) is 0 Å². The molecule has 2 rings (SSSR count). The summed E-state index contributed by atoms with van der Waals surface area (Å²) in [5, 5.41) is 19.9. The summed E-state index contributed by atoms with van der Waals surface area (Å²) in [6, 6.07) is 11.0. The molecule has 2 N–H and O–H groups in total. The van der Waals surface area contributed by atoms with Gasteiger partial charge in [0.15, 0.2) is 0 Å². The van der Waals surface area contributed by atoms with Crippen LogP contribution in [0.1, 0.15) is 0 Å². The molecule has 0 aliphatic heterocycles. The minimum absolute atomic E-state index is 0.115. The van der Waals surface area contributed by atoms with Gasteiger partial charge in [-0.2, -0.15) is 0 Å². The fourth-order valence-electron chi connectivity index (χ4n) is 1.17. The summed E-state index contributed by atoms with van der Waals surface area (Å²) >= 11 is 0. The maximum Gasteiger partial charge on any atom is 0.123 e. The summed E-state index contributed by atoms with van der Waals surface area (Å²) in [4.78, 5) is 0. The molecule has 12 heavy (non-hydrogen) atoms. The number of phenols is 2. The van der Waals surface area contributed by atoms with Crippen molar-refractivity contribution in [2.24, 2.45) is 0 Å². The van der Waals surface area contributed by atoms with Crippen molar-refractivity contribution in [3.05, 3.63) is 36.4 Å². The molecule has 2 nitrogen and oxygen atoms in total. The standard InChI is InChI=1S/C10H7O2/c11-8-5-4-7-2-1-3-10(12)9(7)6-8/h1-3,5-6,11-12H. The lowest BCUT2D eigenvalue weighted by Gasteiger charge is -1.99. The fourth-order valence-corrected chi connectivity index (χ4v) is 1.17. The van der Waals surface area contributed by atoms with Gasteiger partial charge in [0.05, 0.1) is 0 Å². The number of aromatic hydroxyl groups is 2. The highest BCUT2D eigenvalue weighted by atomic mass is 16.3. The quantitative estimate of drug-likeness (QED) is 0.617. The predicted molar refractivity (Wildman–Crippen MR) is 46.1 cm³/mol. The van der Waals surface area contributed by atoms with Gasteiger partial charge in [-0.1, -0.05) is 12.1 Å². The van der Waals surface area contributed by atoms with Gasteiger partial charge in [-0.25, -0.2) is 0 Å². The van der Waals surface area contributed by atoms with Crippen molar-refractivity contribution in [2.45, 2.75) is 0 Å².